The Morgan fingerprint density at radius 3 is 2.43 bits per heavy atom. The lowest BCUT2D eigenvalue weighted by Crippen LogP contribution is -2.33. The molecule has 1 aliphatic rings. The second-order valence-corrected chi connectivity index (χ2v) is 6.06. The van der Waals surface area contributed by atoms with Crippen molar-refractivity contribution in [3.63, 3.8) is 0 Å². The number of fused-ring (bicyclic) bond motifs is 5. The summed E-state index contributed by atoms with van der Waals surface area (Å²) in [4.78, 5) is 4.80. The Bertz CT molecular complexity index is 1090. The van der Waals surface area contributed by atoms with E-state index >= 15 is 0 Å². The maximum atomic E-state index is 12.9. The predicted molar refractivity (Wildman–Crippen MR) is 91.1 cm³/mol. The van der Waals surface area contributed by atoms with Crippen molar-refractivity contribution in [2.75, 3.05) is 0 Å². The van der Waals surface area contributed by atoms with Gasteiger partial charge in [-0.25, -0.2) is 4.98 Å². The first-order chi connectivity index (χ1) is 11.3. The molecule has 0 radical (unpaired) electrons. The summed E-state index contributed by atoms with van der Waals surface area (Å²) in [6.07, 6.45) is 1.81. The number of hydrogen-bond acceptors (Lipinski definition) is 2. The van der Waals surface area contributed by atoms with E-state index in [4.69, 9.17) is 4.98 Å². The van der Waals surface area contributed by atoms with Crippen molar-refractivity contribution < 1.29 is 4.73 Å². The second kappa shape index (κ2) is 4.53. The Labute approximate surface area is 133 Å². The largest absolute Gasteiger partial charge is 0.618 e. The lowest BCUT2D eigenvalue weighted by atomic mass is 9.90. The third-order valence-electron chi connectivity index (χ3n) is 4.68. The molecule has 5 rings (SSSR count). The number of benzene rings is 2. The highest BCUT2D eigenvalue weighted by Crippen LogP contribution is 2.33. The van der Waals surface area contributed by atoms with E-state index in [1.165, 1.54) is 0 Å². The van der Waals surface area contributed by atoms with Crippen molar-refractivity contribution >= 4 is 21.8 Å². The van der Waals surface area contributed by atoms with Gasteiger partial charge >= 0.3 is 0 Å². The van der Waals surface area contributed by atoms with Gasteiger partial charge in [0.1, 0.15) is 5.69 Å². The fraction of sp³-hybridized carbons (Fsp3) is 0.100. The molecule has 0 fully saturated rings. The molecule has 2 heterocycles. The Morgan fingerprint density at radius 2 is 1.52 bits per heavy atom. The molecular formula is C20H14N2O. The van der Waals surface area contributed by atoms with E-state index in [-0.39, 0.29) is 0 Å². The Morgan fingerprint density at radius 1 is 0.826 bits per heavy atom. The number of pyridine rings is 2. The molecule has 0 N–H and O–H groups in total. The third-order valence-corrected chi connectivity index (χ3v) is 4.68. The Hall–Kier alpha value is -2.94. The molecule has 0 unspecified atom stereocenters. The molecule has 0 saturated carbocycles. The third kappa shape index (κ3) is 1.77. The van der Waals surface area contributed by atoms with Crippen molar-refractivity contribution in [3.8, 4) is 11.4 Å². The number of aryl methyl sites for hydroxylation is 2. The molecule has 0 amide bonds. The topological polar surface area (TPSA) is 39.8 Å². The first-order valence-electron chi connectivity index (χ1n) is 7.84. The molecule has 23 heavy (non-hydrogen) atoms. The molecule has 1 aliphatic carbocycles. The van der Waals surface area contributed by atoms with Crippen LogP contribution in [0.1, 0.15) is 11.1 Å². The van der Waals surface area contributed by atoms with Gasteiger partial charge in [-0.3, -0.25) is 0 Å². The average molecular weight is 298 g/mol. The van der Waals surface area contributed by atoms with Crippen molar-refractivity contribution in [2.45, 2.75) is 12.8 Å². The Kier molecular flexibility index (Phi) is 2.48. The molecule has 0 saturated heterocycles. The maximum Gasteiger partial charge on any atom is 0.246 e. The van der Waals surface area contributed by atoms with Crippen LogP contribution in [0.4, 0.5) is 0 Å². The monoisotopic (exact) mass is 298 g/mol. The molecule has 2 aromatic carbocycles. The normalized spacial score (nSPS) is 13.0. The first kappa shape index (κ1) is 12.6. The van der Waals surface area contributed by atoms with Crippen LogP contribution < -0.4 is 4.73 Å². The maximum absolute atomic E-state index is 12.9. The van der Waals surface area contributed by atoms with Gasteiger partial charge in [0.2, 0.25) is 11.2 Å². The van der Waals surface area contributed by atoms with Crippen LogP contribution in [0.2, 0.25) is 0 Å². The number of hydrogen-bond donors (Lipinski definition) is 0. The summed E-state index contributed by atoms with van der Waals surface area (Å²) in [6, 6.07) is 20.1. The van der Waals surface area contributed by atoms with Crippen LogP contribution in [-0.2, 0) is 12.8 Å². The number of rotatable bonds is 0. The van der Waals surface area contributed by atoms with Gasteiger partial charge in [-0.2, -0.15) is 4.73 Å². The van der Waals surface area contributed by atoms with Crippen molar-refractivity contribution in [1.29, 1.82) is 0 Å². The van der Waals surface area contributed by atoms with Gasteiger partial charge in [-0.1, -0.05) is 30.3 Å². The zero-order valence-corrected chi connectivity index (χ0v) is 12.5. The molecule has 0 bridgehead atoms. The fourth-order valence-corrected chi connectivity index (χ4v) is 3.56. The Balaban J connectivity index is 1.89. The highest BCUT2D eigenvalue weighted by molar-refractivity contribution is 5.85. The quantitative estimate of drug-likeness (QED) is 0.366. The molecule has 0 atom stereocenters. The summed E-state index contributed by atoms with van der Waals surface area (Å²) in [5.41, 5.74) is 5.45. The van der Waals surface area contributed by atoms with E-state index in [1.54, 1.807) is 0 Å². The lowest BCUT2D eigenvalue weighted by molar-refractivity contribution is -0.565. The molecule has 3 nitrogen and oxygen atoms in total. The van der Waals surface area contributed by atoms with E-state index < -0.39 is 0 Å². The summed E-state index contributed by atoms with van der Waals surface area (Å²) in [6.45, 7) is 0. The van der Waals surface area contributed by atoms with Gasteiger partial charge in [0.25, 0.3) is 0 Å². The molecule has 110 valence electrons. The molecule has 4 aromatic rings. The van der Waals surface area contributed by atoms with E-state index in [9.17, 15) is 5.21 Å². The highest BCUT2D eigenvalue weighted by Gasteiger charge is 2.27. The minimum Gasteiger partial charge on any atom is -0.618 e. The standard InChI is InChI=1S/C20H14N2O/c23-22-18-8-4-2-6-14(18)12-16-10-9-15-11-13-5-1-3-7-17(13)21-19(15)20(16)22/h1-8,11-12H,9-10H2. The lowest BCUT2D eigenvalue weighted by Gasteiger charge is -2.19. The molecular weight excluding hydrogens is 284 g/mol. The number of nitrogens with zero attached hydrogens (tertiary/aromatic N) is 2. The predicted octanol–water partition coefficient (Wildman–Crippen LogP) is 3.79. The van der Waals surface area contributed by atoms with Gasteiger partial charge < -0.3 is 5.21 Å². The van der Waals surface area contributed by atoms with Gasteiger partial charge in [0.15, 0.2) is 0 Å². The van der Waals surface area contributed by atoms with E-state index in [0.29, 0.717) is 5.52 Å². The van der Waals surface area contributed by atoms with E-state index in [1.807, 2.05) is 42.5 Å². The SMILES string of the molecule is [O-][n+]1c2c(cc3ccccc31)CCc1cc3ccccc3nc1-2. The van der Waals surface area contributed by atoms with Crippen molar-refractivity contribution in [3.05, 3.63) is 77.0 Å². The van der Waals surface area contributed by atoms with Gasteiger partial charge in [0, 0.05) is 22.4 Å². The number of para-hydroxylation sites is 2. The summed E-state index contributed by atoms with van der Waals surface area (Å²) in [7, 11) is 0. The van der Waals surface area contributed by atoms with Crippen LogP contribution in [0, 0.1) is 5.21 Å². The summed E-state index contributed by atoms with van der Waals surface area (Å²) < 4.78 is 1.06. The van der Waals surface area contributed by atoms with Crippen molar-refractivity contribution in [1.82, 2.24) is 4.98 Å². The van der Waals surface area contributed by atoms with E-state index in [2.05, 4.69) is 18.2 Å². The summed E-state index contributed by atoms with van der Waals surface area (Å²) in [5.74, 6) is 0. The minimum absolute atomic E-state index is 0.703. The molecule has 3 heteroatoms. The van der Waals surface area contributed by atoms with Crippen LogP contribution in [0.25, 0.3) is 33.2 Å². The highest BCUT2D eigenvalue weighted by atomic mass is 16.5. The summed E-state index contributed by atoms with van der Waals surface area (Å²) in [5, 5.41) is 15.1. The zero-order valence-electron chi connectivity index (χ0n) is 12.5. The van der Waals surface area contributed by atoms with Crippen LogP contribution in [0.3, 0.4) is 0 Å². The average Bonchev–Trinajstić information content (AvgIpc) is 2.60. The van der Waals surface area contributed by atoms with Crippen molar-refractivity contribution in [2.24, 2.45) is 0 Å². The van der Waals surface area contributed by atoms with Gasteiger partial charge in [-0.05, 0) is 42.7 Å². The fourth-order valence-electron chi connectivity index (χ4n) is 3.56. The van der Waals surface area contributed by atoms with Crippen LogP contribution >= 0.6 is 0 Å². The molecule has 0 spiro atoms. The summed E-state index contributed by atoms with van der Waals surface area (Å²) >= 11 is 0. The first-order valence-corrected chi connectivity index (χ1v) is 7.84. The zero-order chi connectivity index (χ0) is 15.4. The smallest absolute Gasteiger partial charge is 0.246 e. The van der Waals surface area contributed by atoms with E-state index in [0.717, 1.165) is 56.4 Å². The molecule has 2 aromatic heterocycles. The minimum atomic E-state index is 0.703. The second-order valence-electron chi connectivity index (χ2n) is 6.06. The van der Waals surface area contributed by atoms with Gasteiger partial charge in [0.05, 0.1) is 5.52 Å². The van der Waals surface area contributed by atoms with Crippen LogP contribution in [-0.4, -0.2) is 4.98 Å². The number of aromatic nitrogens is 2. The van der Waals surface area contributed by atoms with Gasteiger partial charge in [-0.15, -0.1) is 0 Å². The van der Waals surface area contributed by atoms with Crippen LogP contribution in [0.15, 0.2) is 60.7 Å². The molecule has 0 aliphatic heterocycles. The van der Waals surface area contributed by atoms with Crippen LogP contribution in [0.5, 0.6) is 0 Å².